The molecule has 2 amide bonds. The monoisotopic (exact) mass is 838 g/mol. The number of hydrogen-bond donors (Lipinski definition) is 6. The van der Waals surface area contributed by atoms with Gasteiger partial charge in [0.25, 0.3) is 0 Å². The number of carboxylic acid groups (broad SMARTS) is 2. The number of amides is 2. The summed E-state index contributed by atoms with van der Waals surface area (Å²) in [7, 11) is 0. The number of H-pyrrole nitrogens is 1. The van der Waals surface area contributed by atoms with E-state index in [4.69, 9.17) is 9.84 Å². The van der Waals surface area contributed by atoms with Crippen LogP contribution >= 0.6 is 0 Å². The first-order valence-corrected chi connectivity index (χ1v) is 19.1. The number of carbonyl (C=O) groups excluding carboxylic acids is 3. The van der Waals surface area contributed by atoms with Crippen molar-refractivity contribution >= 4 is 35.9 Å². The van der Waals surface area contributed by atoms with Crippen LogP contribution in [0.3, 0.4) is 0 Å². The number of rotatable bonds is 16. The molecule has 1 atom stereocenters. The maximum Gasteiger partial charge on any atom is 0.411 e. The van der Waals surface area contributed by atoms with Gasteiger partial charge in [-0.25, -0.2) is 19.4 Å². The maximum atomic E-state index is 14.3. The predicted octanol–water partition coefficient (Wildman–Crippen LogP) is 7.00. The molecular weight excluding hydrogens is 792 g/mol. The Morgan fingerprint density at radius 2 is 1.53 bits per heavy atom. The number of carbonyl (C=O) groups is 5. The fourth-order valence-corrected chi connectivity index (χ4v) is 6.88. The number of aldehydes is 1. The Kier molecular flexibility index (Phi) is 13.3. The van der Waals surface area contributed by atoms with E-state index in [0.717, 1.165) is 16.7 Å². The van der Waals surface area contributed by atoms with Crippen LogP contribution < -0.4 is 16.0 Å². The average Bonchev–Trinajstić information content (AvgIpc) is 3.71. The molecule has 0 radical (unpaired) electrons. The SMILES string of the molecule is Cc1cc(C(=O)O)ccc1-c1ccc(CC(C=O)(CNc2ccc(-c3n[nH]c(C(F)(F)C(F)(F)C(=O)O)n3)cc2)NC(=O)C2CCC(CNC(=O)OC(C)(C)C)CC2)cc1. The third-order valence-electron chi connectivity index (χ3n) is 10.2. The van der Waals surface area contributed by atoms with Crippen LogP contribution in [0.5, 0.6) is 0 Å². The summed E-state index contributed by atoms with van der Waals surface area (Å²) in [4.78, 5) is 64.7. The molecule has 60 heavy (non-hydrogen) atoms. The number of nitrogens with zero attached hydrogens (tertiary/aromatic N) is 2. The van der Waals surface area contributed by atoms with Crippen molar-refractivity contribution < 1.29 is 56.5 Å². The Hall–Kier alpha value is -6.33. The molecule has 0 spiro atoms. The van der Waals surface area contributed by atoms with Gasteiger partial charge in [0.2, 0.25) is 11.7 Å². The Labute approximate surface area is 342 Å². The van der Waals surface area contributed by atoms with Crippen LogP contribution in [0, 0.1) is 18.8 Å². The van der Waals surface area contributed by atoms with E-state index in [-0.39, 0.29) is 35.9 Å². The molecule has 4 aromatic rings. The summed E-state index contributed by atoms with van der Waals surface area (Å²) in [5, 5.41) is 32.1. The van der Waals surface area contributed by atoms with Crippen molar-refractivity contribution in [3.63, 3.8) is 0 Å². The van der Waals surface area contributed by atoms with Crippen LogP contribution in [0.1, 0.15) is 73.8 Å². The highest BCUT2D eigenvalue weighted by atomic mass is 19.3. The van der Waals surface area contributed by atoms with Crippen LogP contribution in [0.15, 0.2) is 66.7 Å². The number of aromatic carboxylic acids is 1. The first-order chi connectivity index (χ1) is 28.1. The first-order valence-electron chi connectivity index (χ1n) is 19.1. The van der Waals surface area contributed by atoms with Gasteiger partial charge in [0.1, 0.15) is 17.4 Å². The van der Waals surface area contributed by atoms with Crippen molar-refractivity contribution in [2.24, 2.45) is 11.8 Å². The number of anilines is 1. The molecule has 1 fully saturated rings. The number of alkyl halides is 4. The number of aliphatic carboxylic acids is 1. The van der Waals surface area contributed by atoms with E-state index in [2.05, 4.69) is 26.0 Å². The Morgan fingerprint density at radius 1 is 0.900 bits per heavy atom. The lowest BCUT2D eigenvalue weighted by atomic mass is 9.80. The molecule has 1 unspecified atom stereocenters. The zero-order valence-electron chi connectivity index (χ0n) is 33.3. The van der Waals surface area contributed by atoms with E-state index in [1.807, 2.05) is 24.3 Å². The van der Waals surface area contributed by atoms with Gasteiger partial charge in [-0.05, 0) is 118 Å². The molecule has 6 N–H and O–H groups in total. The molecule has 320 valence electrons. The fraction of sp³-hybridized carbons (Fsp3) is 0.405. The van der Waals surface area contributed by atoms with Gasteiger partial charge in [-0.3, -0.25) is 9.89 Å². The summed E-state index contributed by atoms with van der Waals surface area (Å²) in [6, 6.07) is 17.9. The molecule has 3 aromatic carbocycles. The minimum Gasteiger partial charge on any atom is -0.478 e. The van der Waals surface area contributed by atoms with Crippen molar-refractivity contribution in [3.8, 4) is 22.5 Å². The highest BCUT2D eigenvalue weighted by Crippen LogP contribution is 2.42. The number of hydrogen-bond acceptors (Lipinski definition) is 9. The summed E-state index contributed by atoms with van der Waals surface area (Å²) in [6.07, 6.45) is 2.57. The van der Waals surface area contributed by atoms with Gasteiger partial charge in [-0.1, -0.05) is 30.3 Å². The number of aromatic amines is 1. The number of carboxylic acids is 2. The molecule has 1 heterocycles. The van der Waals surface area contributed by atoms with Crippen LogP contribution in [0.2, 0.25) is 0 Å². The van der Waals surface area contributed by atoms with Gasteiger partial charge in [-0.2, -0.15) is 22.7 Å². The molecule has 1 saturated carbocycles. The van der Waals surface area contributed by atoms with Crippen molar-refractivity contribution in [3.05, 3.63) is 89.2 Å². The molecule has 0 aliphatic heterocycles. The maximum absolute atomic E-state index is 14.3. The summed E-state index contributed by atoms with van der Waals surface area (Å²) >= 11 is 0. The van der Waals surface area contributed by atoms with Crippen LogP contribution in [0.25, 0.3) is 22.5 Å². The predicted molar refractivity (Wildman–Crippen MR) is 211 cm³/mol. The summed E-state index contributed by atoms with van der Waals surface area (Å²) < 4.78 is 61.3. The van der Waals surface area contributed by atoms with E-state index < -0.39 is 58.6 Å². The van der Waals surface area contributed by atoms with Gasteiger partial charge in [-0.15, -0.1) is 0 Å². The first kappa shape index (κ1) is 44.8. The van der Waals surface area contributed by atoms with Crippen LogP contribution in [-0.4, -0.2) is 85.8 Å². The van der Waals surface area contributed by atoms with Crippen molar-refractivity contribution in [2.75, 3.05) is 18.4 Å². The van der Waals surface area contributed by atoms with Crippen molar-refractivity contribution in [2.45, 2.75) is 82.8 Å². The smallest absolute Gasteiger partial charge is 0.411 e. The number of alkyl carbamates (subject to hydrolysis) is 1. The second-order valence-electron chi connectivity index (χ2n) is 16.0. The van der Waals surface area contributed by atoms with Crippen LogP contribution in [-0.2, 0) is 31.5 Å². The van der Waals surface area contributed by atoms with Gasteiger partial charge in [0.05, 0.1) is 5.56 Å². The Balaban J connectivity index is 1.31. The summed E-state index contributed by atoms with van der Waals surface area (Å²) in [6.45, 7) is 7.41. The molecule has 0 saturated heterocycles. The number of nitrogens with one attached hydrogen (secondary N) is 4. The lowest BCUT2D eigenvalue weighted by Crippen LogP contribution is -2.57. The zero-order valence-corrected chi connectivity index (χ0v) is 33.3. The topological polar surface area (TPSA) is 213 Å². The highest BCUT2D eigenvalue weighted by Gasteiger charge is 2.65. The van der Waals surface area contributed by atoms with E-state index in [9.17, 15) is 46.6 Å². The van der Waals surface area contributed by atoms with E-state index >= 15 is 0 Å². The lowest BCUT2D eigenvalue weighted by molar-refractivity contribution is -0.231. The van der Waals surface area contributed by atoms with E-state index in [1.165, 1.54) is 30.3 Å². The summed E-state index contributed by atoms with van der Waals surface area (Å²) in [5.74, 6) is -17.3. The van der Waals surface area contributed by atoms with Gasteiger partial charge in [0.15, 0.2) is 5.82 Å². The van der Waals surface area contributed by atoms with Crippen LogP contribution in [0.4, 0.5) is 28.0 Å². The Morgan fingerprint density at radius 3 is 2.10 bits per heavy atom. The minimum absolute atomic E-state index is 0.0643. The quantitative estimate of drug-likeness (QED) is 0.0500. The number of ether oxygens (including phenoxy) is 1. The molecule has 0 bridgehead atoms. The molecule has 1 aromatic heterocycles. The number of benzene rings is 3. The zero-order chi connectivity index (χ0) is 44.0. The highest BCUT2D eigenvalue weighted by molar-refractivity contribution is 5.89. The average molecular weight is 839 g/mol. The normalized spacial score (nSPS) is 16.9. The van der Waals surface area contributed by atoms with Gasteiger partial charge >= 0.3 is 29.9 Å². The van der Waals surface area contributed by atoms with Crippen molar-refractivity contribution in [1.29, 1.82) is 0 Å². The molecule has 5 rings (SSSR count). The largest absolute Gasteiger partial charge is 0.478 e. The third-order valence-corrected chi connectivity index (χ3v) is 10.2. The fourth-order valence-electron chi connectivity index (χ4n) is 6.88. The molecular formula is C42H46F4N6O8. The van der Waals surface area contributed by atoms with Crippen molar-refractivity contribution in [1.82, 2.24) is 25.8 Å². The lowest BCUT2D eigenvalue weighted by Gasteiger charge is -2.34. The second-order valence-corrected chi connectivity index (χ2v) is 16.0. The standard InChI is InChI=1S/C42H46F4N6O8/c1-24-19-30(35(55)56)15-18-32(24)27-9-5-25(6-10-27)20-40(23-53,50-34(54)29-11-7-26(8-12-29)21-47-38(59)60-39(2,3)4)22-48-31-16-13-28(14-17-31)33-49-36(52-51-33)41(43,44)42(45,46)37(57)58/h5-6,9-10,13-19,23,26,29,48H,7-8,11-12,20-22H2,1-4H3,(H,47,59)(H,50,54)(H,55,56)(H,57,58)(H,49,51,52). The molecule has 1 aliphatic carbocycles. The summed E-state index contributed by atoms with van der Waals surface area (Å²) in [5.41, 5.74) is 1.66. The molecule has 1 aliphatic rings. The second kappa shape index (κ2) is 17.9. The van der Waals surface area contributed by atoms with E-state index in [0.29, 0.717) is 49.8 Å². The minimum atomic E-state index is -5.45. The molecule has 18 heteroatoms. The number of halogens is 4. The third kappa shape index (κ3) is 10.6. The van der Waals surface area contributed by atoms with Gasteiger partial charge < -0.3 is 35.7 Å². The number of aryl methyl sites for hydroxylation is 1. The van der Waals surface area contributed by atoms with Gasteiger partial charge in [0, 0.05) is 36.7 Å². The van der Waals surface area contributed by atoms with E-state index in [1.54, 1.807) is 44.9 Å². The Bertz CT molecular complexity index is 2200. The molecule has 14 nitrogen and oxygen atoms in total. The number of aromatic nitrogens is 3.